The summed E-state index contributed by atoms with van der Waals surface area (Å²) in [7, 11) is 0. The zero-order valence-corrected chi connectivity index (χ0v) is 10.8. The topological polar surface area (TPSA) is 74.6 Å². The first kappa shape index (κ1) is 18.8. The van der Waals surface area contributed by atoms with Crippen molar-refractivity contribution in [3.05, 3.63) is 0 Å². The molecule has 4 nitrogen and oxygen atoms in total. The Hall–Kier alpha value is 0.143. The van der Waals surface area contributed by atoms with Crippen molar-refractivity contribution in [3.63, 3.8) is 0 Å². The van der Waals surface area contributed by atoms with E-state index in [1.807, 2.05) is 0 Å². The molecule has 0 aliphatic heterocycles. The summed E-state index contributed by atoms with van der Waals surface area (Å²) >= 11 is 0. The quantitative estimate of drug-likeness (QED) is 0.733. The first-order valence-electron chi connectivity index (χ1n) is 3.66. The van der Waals surface area contributed by atoms with Gasteiger partial charge >= 0.3 is 0 Å². The van der Waals surface area contributed by atoms with Gasteiger partial charge in [0.15, 0.2) is 11.6 Å². The zero-order valence-electron chi connectivity index (χ0n) is 8.37. The van der Waals surface area contributed by atoms with Crippen LogP contribution in [0.15, 0.2) is 0 Å². The molecular weight excluding hydrogens is 251 g/mol. The molecular formula is C8H16O4Zr. The first-order valence-corrected chi connectivity index (χ1v) is 3.66. The fourth-order valence-corrected chi connectivity index (χ4v) is 0. The van der Waals surface area contributed by atoms with Crippen LogP contribution in [0.1, 0.15) is 27.7 Å². The zero-order chi connectivity index (χ0) is 10.3. The summed E-state index contributed by atoms with van der Waals surface area (Å²) in [5.74, 6) is -0.370. The second kappa shape index (κ2) is 10.2. The van der Waals surface area contributed by atoms with E-state index in [0.29, 0.717) is 0 Å². The summed E-state index contributed by atoms with van der Waals surface area (Å²) in [6, 6.07) is 0. The van der Waals surface area contributed by atoms with Gasteiger partial charge in [0, 0.05) is 26.2 Å². The Kier molecular flexibility index (Phi) is 14.8. The Balaban J connectivity index is -0.000000143. The van der Waals surface area contributed by atoms with E-state index in [9.17, 15) is 9.59 Å². The van der Waals surface area contributed by atoms with Gasteiger partial charge in [0.25, 0.3) is 0 Å². The number of carbonyl (C=O) groups is 2. The van der Waals surface area contributed by atoms with Crippen molar-refractivity contribution in [1.82, 2.24) is 0 Å². The molecule has 2 atom stereocenters. The van der Waals surface area contributed by atoms with E-state index < -0.39 is 12.2 Å². The maximum absolute atomic E-state index is 9.89. The van der Waals surface area contributed by atoms with Crippen molar-refractivity contribution in [2.75, 3.05) is 0 Å². The minimum Gasteiger partial charge on any atom is -0.386 e. The van der Waals surface area contributed by atoms with E-state index in [4.69, 9.17) is 10.2 Å². The molecule has 0 aliphatic rings. The van der Waals surface area contributed by atoms with Crippen LogP contribution >= 0.6 is 0 Å². The van der Waals surface area contributed by atoms with E-state index in [-0.39, 0.29) is 37.8 Å². The fourth-order valence-electron chi connectivity index (χ4n) is 0. The third-order valence-electron chi connectivity index (χ3n) is 1.18. The number of hydrogen-bond donors (Lipinski definition) is 2. The number of aliphatic hydroxyl groups excluding tert-OH is 2. The summed E-state index contributed by atoms with van der Waals surface area (Å²) in [5, 5.41) is 16.6. The summed E-state index contributed by atoms with van der Waals surface area (Å²) in [6.07, 6.45) is -1.57. The van der Waals surface area contributed by atoms with Gasteiger partial charge in [-0.3, -0.25) is 9.59 Å². The van der Waals surface area contributed by atoms with Crippen LogP contribution in [0.4, 0.5) is 0 Å². The van der Waals surface area contributed by atoms with E-state index in [1.165, 1.54) is 27.7 Å². The van der Waals surface area contributed by atoms with E-state index in [1.54, 1.807) is 0 Å². The van der Waals surface area contributed by atoms with Crippen LogP contribution in [0.25, 0.3) is 0 Å². The molecule has 2 unspecified atom stereocenters. The Bertz CT molecular complexity index is 136. The number of Topliss-reactive ketones (excluding diaryl/α,β-unsaturated/α-hetero) is 2. The average Bonchev–Trinajstić information content (AvgIpc) is 1.88. The fraction of sp³-hybridized carbons (Fsp3) is 0.750. The molecule has 0 aromatic carbocycles. The van der Waals surface area contributed by atoms with Crippen LogP contribution < -0.4 is 0 Å². The molecule has 0 spiro atoms. The molecule has 76 valence electrons. The van der Waals surface area contributed by atoms with Crippen molar-refractivity contribution in [2.24, 2.45) is 0 Å². The number of ketones is 2. The van der Waals surface area contributed by atoms with Crippen LogP contribution in [0.5, 0.6) is 0 Å². The van der Waals surface area contributed by atoms with Crippen LogP contribution in [0.2, 0.25) is 0 Å². The minimum absolute atomic E-state index is 0. The molecule has 0 radical (unpaired) electrons. The van der Waals surface area contributed by atoms with Gasteiger partial charge in [-0.1, -0.05) is 0 Å². The molecule has 5 heteroatoms. The van der Waals surface area contributed by atoms with Gasteiger partial charge in [0.2, 0.25) is 0 Å². The molecule has 0 saturated heterocycles. The predicted octanol–water partition coefficient (Wildman–Crippen LogP) is -0.0901. The first-order chi connectivity index (χ1) is 5.29. The normalized spacial score (nSPS) is 12.8. The van der Waals surface area contributed by atoms with Gasteiger partial charge in [-0.25, -0.2) is 0 Å². The van der Waals surface area contributed by atoms with E-state index in [0.717, 1.165) is 0 Å². The Morgan fingerprint density at radius 1 is 0.923 bits per heavy atom. The summed E-state index contributed by atoms with van der Waals surface area (Å²) in [4.78, 5) is 19.8. The number of carbonyl (C=O) groups excluding carboxylic acids is 2. The second-order valence-electron chi connectivity index (χ2n) is 2.57. The summed E-state index contributed by atoms with van der Waals surface area (Å²) in [6.45, 7) is 5.60. The molecule has 13 heavy (non-hydrogen) atoms. The Morgan fingerprint density at radius 2 is 1.00 bits per heavy atom. The van der Waals surface area contributed by atoms with Gasteiger partial charge in [-0.2, -0.15) is 0 Å². The van der Waals surface area contributed by atoms with Gasteiger partial charge in [0.05, 0.1) is 0 Å². The maximum atomic E-state index is 9.89. The SMILES string of the molecule is CC(=O)C(C)O.CC(=O)C(C)O.[Zr]. The Labute approximate surface area is 97.5 Å². The van der Waals surface area contributed by atoms with Crippen LogP contribution in [0.3, 0.4) is 0 Å². The monoisotopic (exact) mass is 266 g/mol. The van der Waals surface area contributed by atoms with Crippen LogP contribution in [0, 0.1) is 0 Å². The predicted molar refractivity (Wildman–Crippen MR) is 44.7 cm³/mol. The van der Waals surface area contributed by atoms with Gasteiger partial charge in [0.1, 0.15) is 12.2 Å². The van der Waals surface area contributed by atoms with Gasteiger partial charge in [-0.15, -0.1) is 0 Å². The standard InChI is InChI=1S/2C4H8O2.Zr/c2*1-3(5)4(2)6;/h2*3,5H,1-2H3;. The molecule has 0 aliphatic carbocycles. The third kappa shape index (κ3) is 18.8. The number of rotatable bonds is 2. The molecule has 0 amide bonds. The summed E-state index contributed by atoms with van der Waals surface area (Å²) in [5.41, 5.74) is 0. The van der Waals surface area contributed by atoms with Crippen molar-refractivity contribution < 1.29 is 46.0 Å². The molecule has 0 aromatic heterocycles. The Morgan fingerprint density at radius 3 is 1.00 bits per heavy atom. The third-order valence-corrected chi connectivity index (χ3v) is 1.18. The number of hydrogen-bond acceptors (Lipinski definition) is 4. The van der Waals surface area contributed by atoms with Crippen molar-refractivity contribution in [1.29, 1.82) is 0 Å². The average molecular weight is 267 g/mol. The largest absolute Gasteiger partial charge is 0.386 e. The smallest absolute Gasteiger partial charge is 0.157 e. The number of aliphatic hydroxyl groups is 2. The molecule has 0 saturated carbocycles. The van der Waals surface area contributed by atoms with Crippen LogP contribution in [-0.2, 0) is 35.8 Å². The summed E-state index contributed by atoms with van der Waals surface area (Å²) < 4.78 is 0. The van der Waals surface area contributed by atoms with Gasteiger partial charge in [-0.05, 0) is 27.7 Å². The molecule has 0 aromatic rings. The molecule has 0 bridgehead atoms. The van der Waals surface area contributed by atoms with E-state index in [2.05, 4.69) is 0 Å². The van der Waals surface area contributed by atoms with Crippen LogP contribution in [-0.4, -0.2) is 34.0 Å². The molecule has 0 rings (SSSR count). The van der Waals surface area contributed by atoms with Gasteiger partial charge < -0.3 is 10.2 Å². The molecule has 0 heterocycles. The van der Waals surface area contributed by atoms with Crippen molar-refractivity contribution in [3.8, 4) is 0 Å². The second-order valence-corrected chi connectivity index (χ2v) is 2.57. The van der Waals surface area contributed by atoms with Crippen molar-refractivity contribution >= 4 is 11.6 Å². The van der Waals surface area contributed by atoms with E-state index >= 15 is 0 Å². The molecule has 2 N–H and O–H groups in total. The molecule has 0 fully saturated rings. The maximum Gasteiger partial charge on any atom is 0.157 e. The van der Waals surface area contributed by atoms with Crippen molar-refractivity contribution in [2.45, 2.75) is 39.9 Å². The minimum atomic E-state index is -0.787.